The normalized spacial score (nSPS) is 13.3. The van der Waals surface area contributed by atoms with Gasteiger partial charge in [0.15, 0.2) is 10.9 Å². The van der Waals surface area contributed by atoms with Crippen LogP contribution < -0.4 is 15.5 Å². The monoisotopic (exact) mass is 584 g/mol. The largest absolute Gasteiger partial charge is 0.451 e. The van der Waals surface area contributed by atoms with Crippen molar-refractivity contribution in [3.05, 3.63) is 92.8 Å². The summed E-state index contributed by atoms with van der Waals surface area (Å²) in [4.78, 5) is 30.1. The predicted octanol–water partition coefficient (Wildman–Crippen LogP) is 6.40. The summed E-state index contributed by atoms with van der Waals surface area (Å²) < 4.78 is 5.67. The molecule has 194 valence electrons. The molecule has 0 radical (unpaired) electrons. The first-order valence-electron chi connectivity index (χ1n) is 11.7. The highest BCUT2D eigenvalue weighted by Gasteiger charge is 2.23. The molecule has 0 unspecified atom stereocenters. The van der Waals surface area contributed by atoms with Crippen molar-refractivity contribution in [2.24, 2.45) is 0 Å². The number of carbonyl (C=O) groups excluding carboxylic acids is 2. The minimum Gasteiger partial charge on any atom is -0.451 e. The molecule has 1 aliphatic heterocycles. The van der Waals surface area contributed by atoms with E-state index < -0.39 is 5.91 Å². The number of piperazine rings is 1. The molecule has 1 saturated heterocycles. The number of hydrogen-bond acceptors (Lipinski definition) is 6. The minimum atomic E-state index is -0.472. The van der Waals surface area contributed by atoms with Crippen molar-refractivity contribution >= 4 is 75.1 Å². The lowest BCUT2D eigenvalue weighted by Gasteiger charge is -2.36. The van der Waals surface area contributed by atoms with Crippen LogP contribution in [0.25, 0.3) is 11.3 Å². The molecule has 4 aromatic rings. The number of nitrogens with one attached hydrogen (secondary N) is 2. The van der Waals surface area contributed by atoms with Crippen molar-refractivity contribution in [2.45, 2.75) is 0 Å². The quantitative estimate of drug-likeness (QED) is 0.264. The lowest BCUT2D eigenvalue weighted by atomic mass is 10.2. The van der Waals surface area contributed by atoms with E-state index in [1.807, 2.05) is 46.7 Å². The Morgan fingerprint density at radius 2 is 1.68 bits per heavy atom. The van der Waals surface area contributed by atoms with E-state index >= 15 is 0 Å². The Morgan fingerprint density at radius 3 is 2.37 bits per heavy atom. The molecule has 2 amide bonds. The number of carbonyl (C=O) groups is 2. The van der Waals surface area contributed by atoms with E-state index in [0.29, 0.717) is 34.5 Å². The maximum Gasteiger partial charge on any atom is 0.293 e. The van der Waals surface area contributed by atoms with Crippen molar-refractivity contribution < 1.29 is 14.0 Å². The van der Waals surface area contributed by atoms with Crippen LogP contribution in [-0.2, 0) is 0 Å². The van der Waals surface area contributed by atoms with Gasteiger partial charge in [-0.05, 0) is 78.3 Å². The van der Waals surface area contributed by atoms with Crippen LogP contribution in [0, 0.1) is 0 Å². The molecule has 1 fully saturated rings. The molecule has 7 nitrogen and oxygen atoms in total. The zero-order valence-electron chi connectivity index (χ0n) is 19.9. The van der Waals surface area contributed by atoms with Gasteiger partial charge in [0, 0.05) is 43.1 Å². The number of rotatable bonds is 5. The van der Waals surface area contributed by atoms with Crippen LogP contribution in [0.4, 0.5) is 11.4 Å². The van der Waals surface area contributed by atoms with Crippen molar-refractivity contribution in [2.75, 3.05) is 36.4 Å². The SMILES string of the molecule is O=C(NC(=S)Nc1ccc(N2CCN(C(=O)c3cccs3)CC2)cc1)c1ccc(-c2ccc(Cl)c(Cl)c2)o1. The van der Waals surface area contributed by atoms with Gasteiger partial charge in [0.2, 0.25) is 0 Å². The summed E-state index contributed by atoms with van der Waals surface area (Å²) in [6.45, 7) is 2.86. The zero-order chi connectivity index (χ0) is 26.6. The van der Waals surface area contributed by atoms with Gasteiger partial charge in [0.1, 0.15) is 5.76 Å². The highest BCUT2D eigenvalue weighted by Crippen LogP contribution is 2.29. The van der Waals surface area contributed by atoms with Crippen LogP contribution in [0.3, 0.4) is 0 Å². The van der Waals surface area contributed by atoms with Gasteiger partial charge in [-0.15, -0.1) is 11.3 Å². The molecule has 2 aromatic carbocycles. The Bertz CT molecular complexity index is 1460. The topological polar surface area (TPSA) is 77.8 Å². The van der Waals surface area contributed by atoms with E-state index in [1.165, 1.54) is 11.3 Å². The van der Waals surface area contributed by atoms with Gasteiger partial charge in [0.25, 0.3) is 11.8 Å². The highest BCUT2D eigenvalue weighted by molar-refractivity contribution is 7.80. The van der Waals surface area contributed by atoms with E-state index in [4.69, 9.17) is 39.8 Å². The summed E-state index contributed by atoms with van der Waals surface area (Å²) in [5.41, 5.74) is 2.50. The fraction of sp³-hybridized carbons (Fsp3) is 0.148. The summed E-state index contributed by atoms with van der Waals surface area (Å²) in [6, 6.07) is 19.9. The predicted molar refractivity (Wildman–Crippen MR) is 157 cm³/mol. The molecule has 2 aromatic heterocycles. The summed E-state index contributed by atoms with van der Waals surface area (Å²) in [7, 11) is 0. The second kappa shape index (κ2) is 11.6. The van der Waals surface area contributed by atoms with Gasteiger partial charge in [-0.25, -0.2) is 0 Å². The molecule has 11 heteroatoms. The number of nitrogens with zero attached hydrogens (tertiary/aromatic N) is 2. The van der Waals surface area contributed by atoms with E-state index in [1.54, 1.807) is 30.3 Å². The lowest BCUT2D eigenvalue weighted by molar-refractivity contribution is 0.0751. The molecular formula is C27H22Cl2N4O3S2. The second-order valence-electron chi connectivity index (χ2n) is 8.50. The van der Waals surface area contributed by atoms with Gasteiger partial charge < -0.3 is 19.5 Å². The van der Waals surface area contributed by atoms with Gasteiger partial charge in [0.05, 0.1) is 14.9 Å². The average Bonchev–Trinajstić information content (AvgIpc) is 3.64. The molecule has 5 rings (SSSR count). The van der Waals surface area contributed by atoms with Gasteiger partial charge in [-0.1, -0.05) is 29.3 Å². The van der Waals surface area contributed by atoms with E-state index in [9.17, 15) is 9.59 Å². The first-order valence-corrected chi connectivity index (χ1v) is 13.8. The maximum atomic E-state index is 12.6. The molecule has 0 spiro atoms. The van der Waals surface area contributed by atoms with Crippen LogP contribution in [-0.4, -0.2) is 48.0 Å². The molecule has 38 heavy (non-hydrogen) atoms. The van der Waals surface area contributed by atoms with Gasteiger partial charge >= 0.3 is 0 Å². The molecule has 0 bridgehead atoms. The van der Waals surface area contributed by atoms with Gasteiger partial charge in [-0.3, -0.25) is 14.9 Å². The number of furan rings is 1. The summed E-state index contributed by atoms with van der Waals surface area (Å²) in [6.07, 6.45) is 0. The Hall–Kier alpha value is -3.37. The Morgan fingerprint density at radius 1 is 0.921 bits per heavy atom. The van der Waals surface area contributed by atoms with Crippen LogP contribution in [0.15, 0.2) is 76.5 Å². The summed E-state index contributed by atoms with van der Waals surface area (Å²) in [5, 5.41) is 8.55. The Kier molecular flexibility index (Phi) is 7.99. The molecule has 0 aliphatic carbocycles. The molecule has 1 aliphatic rings. The van der Waals surface area contributed by atoms with Crippen molar-refractivity contribution in [1.82, 2.24) is 10.2 Å². The van der Waals surface area contributed by atoms with Crippen molar-refractivity contribution in [3.8, 4) is 11.3 Å². The fourth-order valence-corrected chi connectivity index (χ4v) is 5.27. The second-order valence-corrected chi connectivity index (χ2v) is 10.7. The van der Waals surface area contributed by atoms with Crippen LogP contribution in [0.2, 0.25) is 10.0 Å². The maximum absolute atomic E-state index is 12.6. The van der Waals surface area contributed by atoms with Crippen LogP contribution >= 0.6 is 46.8 Å². The fourth-order valence-electron chi connectivity index (χ4n) is 4.07. The highest BCUT2D eigenvalue weighted by atomic mass is 35.5. The average molecular weight is 586 g/mol. The number of halogens is 2. The number of hydrogen-bond donors (Lipinski definition) is 2. The number of amides is 2. The van der Waals surface area contributed by atoms with E-state index in [0.717, 1.165) is 29.3 Å². The van der Waals surface area contributed by atoms with E-state index in [-0.39, 0.29) is 16.8 Å². The number of thiocarbonyl (C=S) groups is 1. The first kappa shape index (κ1) is 26.2. The summed E-state index contributed by atoms with van der Waals surface area (Å²) >= 11 is 18.8. The lowest BCUT2D eigenvalue weighted by Crippen LogP contribution is -2.48. The standard InChI is InChI=1S/C27H22Cl2N4O3S2/c28-20-8-3-17(16-21(20)29)22-9-10-23(36-22)25(34)31-27(37)30-18-4-6-19(7-5-18)32-11-13-33(14-12-32)26(35)24-2-1-15-38-24/h1-10,15-16H,11-14H2,(H2,30,31,34,37). The number of anilines is 2. The first-order chi connectivity index (χ1) is 18.4. The van der Waals surface area contributed by atoms with E-state index in [2.05, 4.69) is 15.5 Å². The summed E-state index contributed by atoms with van der Waals surface area (Å²) in [5.74, 6) is 0.220. The van der Waals surface area contributed by atoms with Crippen molar-refractivity contribution in [1.29, 1.82) is 0 Å². The molecular weight excluding hydrogens is 563 g/mol. The number of benzene rings is 2. The van der Waals surface area contributed by atoms with Gasteiger partial charge in [-0.2, -0.15) is 0 Å². The van der Waals surface area contributed by atoms with Crippen LogP contribution in [0.1, 0.15) is 20.2 Å². The third-order valence-corrected chi connectivity index (χ3v) is 7.85. The Balaban J connectivity index is 1.12. The molecule has 3 heterocycles. The zero-order valence-corrected chi connectivity index (χ0v) is 23.1. The van der Waals surface area contributed by atoms with Crippen molar-refractivity contribution in [3.63, 3.8) is 0 Å². The Labute approximate surface area is 238 Å². The minimum absolute atomic E-state index is 0.0925. The molecule has 0 atom stereocenters. The molecule has 2 N–H and O–H groups in total. The third-order valence-electron chi connectivity index (χ3n) is 6.05. The number of thiophene rings is 1. The smallest absolute Gasteiger partial charge is 0.293 e. The third kappa shape index (κ3) is 6.02. The van der Waals surface area contributed by atoms with Crippen LogP contribution in [0.5, 0.6) is 0 Å². The molecule has 0 saturated carbocycles.